The standard InChI is InChI=1S/C12H13BrIN2O3P/c1-18-12(17)11(4-5-13)19-9-2-3-10-8(6-9)7-15-16(10)20-14/h2-3,6-7,11,20H,4-5H2,1H3. The second-order valence-electron chi connectivity index (χ2n) is 3.97. The zero-order valence-electron chi connectivity index (χ0n) is 10.7. The highest BCUT2D eigenvalue weighted by atomic mass is 127. The summed E-state index contributed by atoms with van der Waals surface area (Å²) in [4.78, 5) is 11.6. The molecule has 8 heteroatoms. The number of carbonyl (C=O) groups is 1. The lowest BCUT2D eigenvalue weighted by Gasteiger charge is -2.15. The fraction of sp³-hybridized carbons (Fsp3) is 0.333. The molecule has 0 bridgehead atoms. The van der Waals surface area contributed by atoms with Gasteiger partial charge in [0.05, 0.1) is 25.2 Å². The van der Waals surface area contributed by atoms with Crippen molar-refractivity contribution >= 4 is 61.2 Å². The summed E-state index contributed by atoms with van der Waals surface area (Å²) >= 11 is 5.59. The van der Waals surface area contributed by atoms with E-state index in [2.05, 4.69) is 43.1 Å². The number of hydrogen-bond donors (Lipinski definition) is 0. The molecule has 5 nitrogen and oxygen atoms in total. The molecule has 0 radical (unpaired) electrons. The Kier molecular flexibility index (Phi) is 6.04. The van der Waals surface area contributed by atoms with Crippen LogP contribution in [0.15, 0.2) is 24.4 Å². The number of hydrogen-bond acceptors (Lipinski definition) is 4. The maximum absolute atomic E-state index is 11.6. The highest BCUT2D eigenvalue weighted by Gasteiger charge is 2.20. The van der Waals surface area contributed by atoms with Crippen LogP contribution in [0.25, 0.3) is 10.9 Å². The molecule has 2 aromatic rings. The third-order valence-corrected chi connectivity index (χ3v) is 5.08. The van der Waals surface area contributed by atoms with Gasteiger partial charge in [0.25, 0.3) is 0 Å². The average molecular weight is 471 g/mol. The SMILES string of the molecule is COC(=O)C(CCBr)Oc1ccc2c(cnn2PI)c1. The molecule has 0 amide bonds. The van der Waals surface area contributed by atoms with Gasteiger partial charge in [-0.2, -0.15) is 5.10 Å². The van der Waals surface area contributed by atoms with Gasteiger partial charge in [-0.1, -0.05) is 15.9 Å². The molecule has 0 aliphatic carbocycles. The van der Waals surface area contributed by atoms with Crippen LogP contribution < -0.4 is 4.74 Å². The van der Waals surface area contributed by atoms with E-state index >= 15 is 0 Å². The molecule has 0 saturated heterocycles. The summed E-state index contributed by atoms with van der Waals surface area (Å²) in [5.74, 6) is 0.277. The Hall–Kier alpha value is -0.400. The largest absolute Gasteiger partial charge is 0.479 e. The molecule has 2 unspecified atom stereocenters. The fourth-order valence-corrected chi connectivity index (χ4v) is 3.74. The maximum atomic E-state index is 11.6. The van der Waals surface area contributed by atoms with Crippen LogP contribution >= 0.6 is 44.3 Å². The summed E-state index contributed by atoms with van der Waals surface area (Å²) in [5, 5.41) is 5.95. The molecule has 1 heterocycles. The van der Waals surface area contributed by atoms with Gasteiger partial charge in [-0.3, -0.25) is 0 Å². The van der Waals surface area contributed by atoms with Crippen molar-refractivity contribution in [3.8, 4) is 5.75 Å². The monoisotopic (exact) mass is 470 g/mol. The molecule has 2 atom stereocenters. The first-order chi connectivity index (χ1) is 9.69. The Balaban J connectivity index is 2.21. The highest BCUT2D eigenvalue weighted by molar-refractivity contribution is 14.2. The summed E-state index contributed by atoms with van der Waals surface area (Å²) in [6.07, 6.45) is 2.30. The minimum atomic E-state index is -0.599. The topological polar surface area (TPSA) is 53.4 Å². The third-order valence-electron chi connectivity index (χ3n) is 2.73. The smallest absolute Gasteiger partial charge is 0.347 e. The van der Waals surface area contributed by atoms with Crippen LogP contribution in [0, 0.1) is 0 Å². The molecule has 0 fully saturated rings. The Morgan fingerprint density at radius 2 is 2.40 bits per heavy atom. The number of esters is 1. The maximum Gasteiger partial charge on any atom is 0.347 e. The van der Waals surface area contributed by atoms with Crippen molar-refractivity contribution in [2.45, 2.75) is 12.5 Å². The molecule has 108 valence electrons. The van der Waals surface area contributed by atoms with E-state index in [0.29, 0.717) is 23.9 Å². The summed E-state index contributed by atoms with van der Waals surface area (Å²) in [7, 11) is 1.36. The normalized spacial score (nSPS) is 12.9. The van der Waals surface area contributed by atoms with Crippen LogP contribution in [0.4, 0.5) is 0 Å². The predicted molar refractivity (Wildman–Crippen MR) is 92.3 cm³/mol. The molecular weight excluding hydrogens is 458 g/mol. The van der Waals surface area contributed by atoms with Gasteiger partial charge in [0.2, 0.25) is 0 Å². The van der Waals surface area contributed by atoms with E-state index in [0.717, 1.165) is 10.9 Å². The minimum Gasteiger partial charge on any atom is -0.479 e. The highest BCUT2D eigenvalue weighted by Crippen LogP contribution is 2.30. The van der Waals surface area contributed by atoms with Gasteiger partial charge in [0, 0.05) is 17.1 Å². The molecule has 0 N–H and O–H groups in total. The lowest BCUT2D eigenvalue weighted by Crippen LogP contribution is -2.29. The number of carbonyl (C=O) groups excluding carboxylic acids is 1. The number of rotatable bonds is 6. The van der Waals surface area contributed by atoms with Crippen molar-refractivity contribution in [3.63, 3.8) is 0 Å². The number of alkyl halides is 1. The van der Waals surface area contributed by atoms with Crippen molar-refractivity contribution in [2.75, 3.05) is 12.4 Å². The molecule has 1 aromatic carbocycles. The van der Waals surface area contributed by atoms with Gasteiger partial charge in [-0.05, 0) is 40.2 Å². The lowest BCUT2D eigenvalue weighted by atomic mass is 10.2. The Bertz CT molecular complexity index is 607. The first kappa shape index (κ1) is 16.0. The zero-order chi connectivity index (χ0) is 14.5. The van der Waals surface area contributed by atoms with Crippen molar-refractivity contribution < 1.29 is 14.3 Å². The number of methoxy groups -OCH3 is 1. The third kappa shape index (κ3) is 3.62. The van der Waals surface area contributed by atoms with Crippen molar-refractivity contribution in [2.24, 2.45) is 0 Å². The average Bonchev–Trinajstić information content (AvgIpc) is 2.88. The molecular formula is C12H13BrIN2O3P. The molecule has 20 heavy (non-hydrogen) atoms. The predicted octanol–water partition coefficient (Wildman–Crippen LogP) is 3.53. The van der Waals surface area contributed by atoms with E-state index in [9.17, 15) is 4.79 Å². The summed E-state index contributed by atoms with van der Waals surface area (Å²) in [6.45, 7) is 0. The van der Waals surface area contributed by atoms with E-state index < -0.39 is 6.10 Å². The number of benzene rings is 1. The number of aromatic nitrogens is 2. The number of halogens is 2. The summed E-state index contributed by atoms with van der Waals surface area (Å²) in [5.41, 5.74) is 1.06. The fourth-order valence-electron chi connectivity index (χ4n) is 1.77. The van der Waals surface area contributed by atoms with Crippen LogP contribution in [0.2, 0.25) is 0 Å². The lowest BCUT2D eigenvalue weighted by molar-refractivity contribution is -0.148. The molecule has 0 aliphatic heterocycles. The van der Waals surface area contributed by atoms with Gasteiger partial charge in [-0.15, -0.1) is 0 Å². The van der Waals surface area contributed by atoms with Crippen LogP contribution in [0.3, 0.4) is 0 Å². The number of fused-ring (bicyclic) bond motifs is 1. The molecule has 2 rings (SSSR count). The van der Waals surface area contributed by atoms with Crippen LogP contribution in [0.5, 0.6) is 5.75 Å². The zero-order valence-corrected chi connectivity index (χ0v) is 15.4. The van der Waals surface area contributed by atoms with Crippen molar-refractivity contribution in [1.29, 1.82) is 0 Å². The quantitative estimate of drug-likeness (QED) is 0.280. The van der Waals surface area contributed by atoms with Gasteiger partial charge < -0.3 is 9.47 Å². The first-order valence-electron chi connectivity index (χ1n) is 5.84. The van der Waals surface area contributed by atoms with E-state index in [4.69, 9.17) is 9.47 Å². The Labute approximate surface area is 139 Å². The molecule has 0 aliphatic rings. The Morgan fingerprint density at radius 3 is 3.05 bits per heavy atom. The van der Waals surface area contributed by atoms with E-state index in [1.165, 1.54) is 7.11 Å². The number of ether oxygens (including phenoxy) is 2. The van der Waals surface area contributed by atoms with Gasteiger partial charge in [0.1, 0.15) is 5.75 Å². The van der Waals surface area contributed by atoms with Gasteiger partial charge in [-0.25, -0.2) is 9.25 Å². The molecule has 0 spiro atoms. The summed E-state index contributed by atoms with van der Waals surface area (Å²) in [6, 6.07) is 5.69. The molecule has 1 aromatic heterocycles. The van der Waals surface area contributed by atoms with Gasteiger partial charge >= 0.3 is 5.97 Å². The first-order valence-corrected chi connectivity index (χ1v) is 11.0. The van der Waals surface area contributed by atoms with E-state index in [1.807, 2.05) is 22.7 Å². The second-order valence-corrected chi connectivity index (χ2v) is 6.80. The van der Waals surface area contributed by atoms with E-state index in [-0.39, 0.29) is 5.97 Å². The Morgan fingerprint density at radius 1 is 1.60 bits per heavy atom. The van der Waals surface area contributed by atoms with Crippen LogP contribution in [-0.4, -0.2) is 34.1 Å². The van der Waals surface area contributed by atoms with Crippen molar-refractivity contribution in [3.05, 3.63) is 24.4 Å². The van der Waals surface area contributed by atoms with Gasteiger partial charge in [0.15, 0.2) is 6.10 Å². The molecule has 0 saturated carbocycles. The number of nitrogens with zero attached hydrogens (tertiary/aromatic N) is 2. The van der Waals surface area contributed by atoms with E-state index in [1.54, 1.807) is 6.20 Å². The van der Waals surface area contributed by atoms with Crippen LogP contribution in [0.1, 0.15) is 6.42 Å². The van der Waals surface area contributed by atoms with Crippen molar-refractivity contribution in [1.82, 2.24) is 9.55 Å². The second kappa shape index (κ2) is 7.56. The van der Waals surface area contributed by atoms with Crippen LogP contribution in [-0.2, 0) is 9.53 Å². The minimum absolute atomic E-state index is 0.367. The summed E-state index contributed by atoms with van der Waals surface area (Å²) < 4.78 is 12.4.